The molecule has 0 N–H and O–H groups in total. The molecule has 1 aliphatic rings. The summed E-state index contributed by atoms with van der Waals surface area (Å²) in [6.45, 7) is 5.39. The van der Waals surface area contributed by atoms with Crippen LogP contribution in [0.5, 0.6) is 0 Å². The van der Waals surface area contributed by atoms with Crippen molar-refractivity contribution in [1.29, 1.82) is 0 Å². The molecule has 0 saturated carbocycles. The van der Waals surface area contributed by atoms with Crippen molar-refractivity contribution < 1.29 is 13.9 Å². The highest BCUT2D eigenvalue weighted by Crippen LogP contribution is 2.33. The molecule has 0 radical (unpaired) electrons. The Balaban J connectivity index is 1.77. The molecule has 2 aromatic rings. The van der Waals surface area contributed by atoms with Crippen LogP contribution in [0.25, 0.3) is 0 Å². The van der Waals surface area contributed by atoms with E-state index < -0.39 is 0 Å². The Kier molecular flexibility index (Phi) is 4.51. The standard InChI is InChI=1S/C15H17FN4O2S/c1-3-22-13(21)10(2)23-15-18-17-14-19(8-9-20(14)15)12-6-4-11(16)5-7-12/h4-7,10H,3,8-9H2,1-2H3/t10-/m0/s1. The van der Waals surface area contributed by atoms with E-state index in [0.29, 0.717) is 17.7 Å². The Labute approximate surface area is 137 Å². The number of hydrogen-bond donors (Lipinski definition) is 0. The lowest BCUT2D eigenvalue weighted by Gasteiger charge is -2.14. The number of ether oxygens (including phenoxy) is 1. The number of carbonyl (C=O) groups is 1. The van der Waals surface area contributed by atoms with Crippen LogP contribution in [0.1, 0.15) is 13.8 Å². The zero-order chi connectivity index (χ0) is 16.4. The molecule has 0 unspecified atom stereocenters. The van der Waals surface area contributed by atoms with Gasteiger partial charge >= 0.3 is 5.97 Å². The third-order valence-corrected chi connectivity index (χ3v) is 4.58. The first-order valence-corrected chi connectivity index (χ1v) is 8.27. The maximum absolute atomic E-state index is 13.1. The molecule has 1 aliphatic heterocycles. The summed E-state index contributed by atoms with van der Waals surface area (Å²) in [5, 5.41) is 8.71. The van der Waals surface area contributed by atoms with Gasteiger partial charge in [-0.25, -0.2) is 4.39 Å². The van der Waals surface area contributed by atoms with Crippen molar-refractivity contribution in [3.63, 3.8) is 0 Å². The fourth-order valence-electron chi connectivity index (χ4n) is 2.39. The van der Waals surface area contributed by atoms with E-state index in [1.165, 1.54) is 23.9 Å². The Morgan fingerprint density at radius 2 is 2.09 bits per heavy atom. The summed E-state index contributed by atoms with van der Waals surface area (Å²) in [4.78, 5) is 13.7. The van der Waals surface area contributed by atoms with Gasteiger partial charge in [0.25, 0.3) is 0 Å². The third-order valence-electron chi connectivity index (χ3n) is 3.52. The fourth-order valence-corrected chi connectivity index (χ4v) is 3.26. The third kappa shape index (κ3) is 3.17. The van der Waals surface area contributed by atoms with Crippen LogP contribution >= 0.6 is 11.8 Å². The van der Waals surface area contributed by atoms with Gasteiger partial charge in [0.05, 0.1) is 6.61 Å². The number of hydrogen-bond acceptors (Lipinski definition) is 6. The molecule has 6 nitrogen and oxygen atoms in total. The number of benzene rings is 1. The second-order valence-electron chi connectivity index (χ2n) is 5.07. The van der Waals surface area contributed by atoms with Crippen LogP contribution in [-0.2, 0) is 16.1 Å². The van der Waals surface area contributed by atoms with Gasteiger partial charge in [0.15, 0.2) is 5.16 Å². The summed E-state index contributed by atoms with van der Waals surface area (Å²) in [5.74, 6) is 0.173. The van der Waals surface area contributed by atoms with Crippen molar-refractivity contribution in [3.05, 3.63) is 30.1 Å². The molecule has 0 saturated heterocycles. The summed E-state index contributed by atoms with van der Waals surface area (Å²) >= 11 is 1.33. The van der Waals surface area contributed by atoms with Crippen LogP contribution < -0.4 is 4.90 Å². The average Bonchev–Trinajstić information content (AvgIpc) is 3.11. The lowest BCUT2D eigenvalue weighted by Crippen LogP contribution is -2.17. The van der Waals surface area contributed by atoms with Gasteiger partial charge in [0.2, 0.25) is 5.95 Å². The van der Waals surface area contributed by atoms with E-state index in [0.717, 1.165) is 18.8 Å². The number of halogens is 1. The largest absolute Gasteiger partial charge is 0.465 e. The van der Waals surface area contributed by atoms with Crippen molar-refractivity contribution in [1.82, 2.24) is 14.8 Å². The first-order chi connectivity index (χ1) is 11.1. The van der Waals surface area contributed by atoms with Gasteiger partial charge in [0.1, 0.15) is 11.1 Å². The summed E-state index contributed by atoms with van der Waals surface area (Å²) in [6.07, 6.45) is 0. The predicted molar refractivity (Wildman–Crippen MR) is 85.4 cm³/mol. The van der Waals surface area contributed by atoms with Crippen molar-refractivity contribution in [2.75, 3.05) is 18.1 Å². The van der Waals surface area contributed by atoms with Crippen LogP contribution in [0.4, 0.5) is 16.0 Å². The molecule has 1 atom stereocenters. The van der Waals surface area contributed by atoms with Crippen LogP contribution in [0.2, 0.25) is 0 Å². The van der Waals surface area contributed by atoms with Gasteiger partial charge in [-0.15, -0.1) is 10.2 Å². The van der Waals surface area contributed by atoms with Crippen LogP contribution in [-0.4, -0.2) is 39.1 Å². The van der Waals surface area contributed by atoms with Crippen molar-refractivity contribution >= 4 is 29.4 Å². The smallest absolute Gasteiger partial charge is 0.319 e. The quantitative estimate of drug-likeness (QED) is 0.618. The second kappa shape index (κ2) is 6.57. The molecule has 1 aromatic carbocycles. The van der Waals surface area contributed by atoms with Gasteiger partial charge < -0.3 is 9.64 Å². The molecule has 0 aliphatic carbocycles. The molecular weight excluding hydrogens is 319 g/mol. The SMILES string of the molecule is CCOC(=O)[C@H](C)Sc1nnc2n1CCN2c1ccc(F)cc1. The van der Waals surface area contributed by atoms with Gasteiger partial charge in [-0.1, -0.05) is 11.8 Å². The Morgan fingerprint density at radius 1 is 1.35 bits per heavy atom. The van der Waals surface area contributed by atoms with Gasteiger partial charge in [-0.05, 0) is 38.1 Å². The minimum atomic E-state index is -0.344. The number of nitrogens with zero attached hydrogens (tertiary/aromatic N) is 4. The summed E-state index contributed by atoms with van der Waals surface area (Å²) in [7, 11) is 0. The molecule has 0 spiro atoms. The second-order valence-corrected chi connectivity index (χ2v) is 6.38. The molecule has 1 aromatic heterocycles. The molecule has 0 amide bonds. The Morgan fingerprint density at radius 3 is 2.78 bits per heavy atom. The minimum Gasteiger partial charge on any atom is -0.465 e. The number of rotatable bonds is 5. The van der Waals surface area contributed by atoms with Gasteiger partial charge in [-0.2, -0.15) is 0 Å². The van der Waals surface area contributed by atoms with E-state index in [1.807, 2.05) is 9.47 Å². The summed E-state index contributed by atoms with van der Waals surface area (Å²) in [6, 6.07) is 6.28. The van der Waals surface area contributed by atoms with Crippen LogP contribution in [0, 0.1) is 5.82 Å². The highest BCUT2D eigenvalue weighted by molar-refractivity contribution is 8.00. The van der Waals surface area contributed by atoms with Gasteiger partial charge in [-0.3, -0.25) is 9.36 Å². The molecule has 8 heteroatoms. The normalized spacial score (nSPS) is 14.7. The van der Waals surface area contributed by atoms with Crippen LogP contribution in [0.15, 0.2) is 29.4 Å². The van der Waals surface area contributed by atoms with E-state index in [2.05, 4.69) is 10.2 Å². The topological polar surface area (TPSA) is 60.2 Å². The zero-order valence-corrected chi connectivity index (χ0v) is 13.7. The lowest BCUT2D eigenvalue weighted by atomic mass is 10.3. The molecule has 3 rings (SSSR count). The van der Waals surface area contributed by atoms with E-state index in [9.17, 15) is 9.18 Å². The fraction of sp³-hybridized carbons (Fsp3) is 0.400. The highest BCUT2D eigenvalue weighted by atomic mass is 32.2. The van der Waals surface area contributed by atoms with E-state index in [-0.39, 0.29) is 17.0 Å². The Bertz CT molecular complexity index is 704. The number of anilines is 2. The van der Waals surface area contributed by atoms with Crippen molar-refractivity contribution in [3.8, 4) is 0 Å². The Hall–Kier alpha value is -2.09. The summed E-state index contributed by atoms with van der Waals surface area (Å²) < 4.78 is 20.0. The molecule has 0 bridgehead atoms. The molecular formula is C15H17FN4O2S. The molecule has 0 fully saturated rings. The maximum atomic E-state index is 13.1. The van der Waals surface area contributed by atoms with E-state index in [4.69, 9.17) is 4.74 Å². The highest BCUT2D eigenvalue weighted by Gasteiger charge is 2.28. The number of fused-ring (bicyclic) bond motifs is 1. The van der Waals surface area contributed by atoms with E-state index >= 15 is 0 Å². The average molecular weight is 336 g/mol. The number of esters is 1. The van der Waals surface area contributed by atoms with E-state index in [1.54, 1.807) is 26.0 Å². The van der Waals surface area contributed by atoms with Crippen molar-refractivity contribution in [2.45, 2.75) is 30.8 Å². The lowest BCUT2D eigenvalue weighted by molar-refractivity contribution is -0.142. The molecule has 23 heavy (non-hydrogen) atoms. The van der Waals surface area contributed by atoms with Crippen molar-refractivity contribution in [2.24, 2.45) is 0 Å². The minimum absolute atomic E-state index is 0.261. The molecule has 122 valence electrons. The first-order valence-electron chi connectivity index (χ1n) is 7.39. The number of carbonyl (C=O) groups excluding carboxylic acids is 1. The van der Waals surface area contributed by atoms with Crippen LogP contribution in [0.3, 0.4) is 0 Å². The van der Waals surface area contributed by atoms with Gasteiger partial charge in [0, 0.05) is 18.8 Å². The molecule has 2 heterocycles. The zero-order valence-electron chi connectivity index (χ0n) is 12.9. The summed E-state index contributed by atoms with van der Waals surface area (Å²) in [5.41, 5.74) is 0.868. The first kappa shape index (κ1) is 15.8. The monoisotopic (exact) mass is 336 g/mol. The maximum Gasteiger partial charge on any atom is 0.319 e. The number of aromatic nitrogens is 3. The predicted octanol–water partition coefficient (Wildman–Crippen LogP) is 2.61. The number of thioether (sulfide) groups is 1.